The molecule has 4 heteroatoms. The van der Waals surface area contributed by atoms with E-state index in [1.54, 1.807) is 25.3 Å². The fourth-order valence-corrected chi connectivity index (χ4v) is 2.31. The number of hydrogen-bond acceptors (Lipinski definition) is 3. The smallest absolute Gasteiger partial charge is 0.145 e. The van der Waals surface area contributed by atoms with Crippen LogP contribution in [0, 0.1) is 18.3 Å². The van der Waals surface area contributed by atoms with Crippen LogP contribution in [0.3, 0.4) is 0 Å². The highest BCUT2D eigenvalue weighted by Crippen LogP contribution is 2.34. The van der Waals surface area contributed by atoms with E-state index in [-0.39, 0.29) is 0 Å². The third kappa shape index (κ3) is 2.87. The van der Waals surface area contributed by atoms with Crippen molar-refractivity contribution in [3.8, 4) is 11.8 Å². The molecular weight excluding hydrogens is 272 g/mol. The SMILES string of the molecule is COc1cccc(Cl)c1C(C#N)Nc1ccccc1C. The molecule has 0 aliphatic carbocycles. The number of nitrogens with one attached hydrogen (secondary N) is 1. The summed E-state index contributed by atoms with van der Waals surface area (Å²) in [6, 6.07) is 14.8. The van der Waals surface area contributed by atoms with Gasteiger partial charge >= 0.3 is 0 Å². The van der Waals surface area contributed by atoms with Crippen molar-refractivity contribution in [2.75, 3.05) is 12.4 Å². The van der Waals surface area contributed by atoms with Crippen molar-refractivity contribution in [1.82, 2.24) is 0 Å². The van der Waals surface area contributed by atoms with E-state index in [2.05, 4.69) is 11.4 Å². The zero-order chi connectivity index (χ0) is 14.5. The summed E-state index contributed by atoms with van der Waals surface area (Å²) in [5, 5.41) is 13.2. The molecule has 0 amide bonds. The second kappa shape index (κ2) is 6.31. The average Bonchev–Trinajstić information content (AvgIpc) is 2.47. The van der Waals surface area contributed by atoms with Gasteiger partial charge in [-0.15, -0.1) is 0 Å². The summed E-state index contributed by atoms with van der Waals surface area (Å²) in [4.78, 5) is 0. The first kappa shape index (κ1) is 14.2. The molecule has 0 aromatic heterocycles. The standard InChI is InChI=1S/C16H15ClN2O/c1-11-6-3-4-8-13(11)19-14(10-18)16-12(17)7-5-9-15(16)20-2/h3-9,14,19H,1-2H3. The van der Waals surface area contributed by atoms with E-state index >= 15 is 0 Å². The molecular formula is C16H15ClN2O. The molecule has 20 heavy (non-hydrogen) atoms. The molecule has 2 aromatic carbocycles. The second-order valence-electron chi connectivity index (χ2n) is 4.38. The monoisotopic (exact) mass is 286 g/mol. The molecule has 0 heterocycles. The Morgan fingerprint density at radius 3 is 2.60 bits per heavy atom. The molecule has 0 fully saturated rings. The van der Waals surface area contributed by atoms with Crippen molar-refractivity contribution in [3.63, 3.8) is 0 Å². The Bertz CT molecular complexity index is 649. The van der Waals surface area contributed by atoms with Crippen LogP contribution in [0.25, 0.3) is 0 Å². The van der Waals surface area contributed by atoms with E-state index < -0.39 is 6.04 Å². The van der Waals surface area contributed by atoms with Gasteiger partial charge in [-0.1, -0.05) is 35.9 Å². The predicted molar refractivity (Wildman–Crippen MR) is 81.2 cm³/mol. The van der Waals surface area contributed by atoms with Crippen LogP contribution in [0.1, 0.15) is 17.2 Å². The third-order valence-electron chi connectivity index (χ3n) is 3.10. The molecule has 1 unspecified atom stereocenters. The van der Waals surface area contributed by atoms with Crippen molar-refractivity contribution in [2.24, 2.45) is 0 Å². The molecule has 0 saturated heterocycles. The molecule has 0 radical (unpaired) electrons. The van der Waals surface area contributed by atoms with Crippen LogP contribution in [-0.2, 0) is 0 Å². The molecule has 0 aliphatic heterocycles. The van der Waals surface area contributed by atoms with Crippen LogP contribution in [0.4, 0.5) is 5.69 Å². The lowest BCUT2D eigenvalue weighted by Crippen LogP contribution is -2.11. The third-order valence-corrected chi connectivity index (χ3v) is 3.43. The minimum absolute atomic E-state index is 0.511. The molecule has 0 spiro atoms. The highest BCUT2D eigenvalue weighted by molar-refractivity contribution is 6.31. The number of benzene rings is 2. The Hall–Kier alpha value is -2.18. The van der Waals surface area contributed by atoms with E-state index in [4.69, 9.17) is 16.3 Å². The molecule has 1 atom stereocenters. The van der Waals surface area contributed by atoms with Gasteiger partial charge in [-0.25, -0.2) is 0 Å². The number of nitrogens with zero attached hydrogens (tertiary/aromatic N) is 1. The Labute approximate surface area is 123 Å². The molecule has 102 valence electrons. The molecule has 2 aromatic rings. The van der Waals surface area contributed by atoms with E-state index in [9.17, 15) is 5.26 Å². The van der Waals surface area contributed by atoms with Gasteiger partial charge in [0.2, 0.25) is 0 Å². The normalized spacial score (nSPS) is 11.5. The number of rotatable bonds is 4. The first-order valence-electron chi connectivity index (χ1n) is 6.21. The number of halogens is 1. The maximum absolute atomic E-state index is 9.45. The van der Waals surface area contributed by atoms with Gasteiger partial charge in [0.15, 0.2) is 0 Å². The summed E-state index contributed by atoms with van der Waals surface area (Å²) < 4.78 is 5.30. The van der Waals surface area contributed by atoms with Crippen LogP contribution in [0.5, 0.6) is 5.75 Å². The average molecular weight is 287 g/mol. The van der Waals surface area contributed by atoms with Gasteiger partial charge in [-0.2, -0.15) is 5.26 Å². The molecule has 1 N–H and O–H groups in total. The lowest BCUT2D eigenvalue weighted by atomic mass is 10.1. The van der Waals surface area contributed by atoms with Crippen molar-refractivity contribution >= 4 is 17.3 Å². The number of methoxy groups -OCH3 is 1. The van der Waals surface area contributed by atoms with Gasteiger partial charge in [0.05, 0.1) is 18.2 Å². The lowest BCUT2D eigenvalue weighted by molar-refractivity contribution is 0.409. The van der Waals surface area contributed by atoms with E-state index in [1.165, 1.54) is 0 Å². The topological polar surface area (TPSA) is 45.0 Å². The van der Waals surface area contributed by atoms with Gasteiger partial charge in [-0.05, 0) is 30.7 Å². The number of para-hydroxylation sites is 1. The Balaban J connectivity index is 2.40. The van der Waals surface area contributed by atoms with Gasteiger partial charge < -0.3 is 10.1 Å². The van der Waals surface area contributed by atoms with Gasteiger partial charge in [0.1, 0.15) is 11.8 Å². The minimum atomic E-state index is -0.570. The number of hydrogen-bond donors (Lipinski definition) is 1. The molecule has 3 nitrogen and oxygen atoms in total. The summed E-state index contributed by atoms with van der Waals surface area (Å²) in [6.45, 7) is 1.99. The van der Waals surface area contributed by atoms with Gasteiger partial charge in [-0.3, -0.25) is 0 Å². The predicted octanol–water partition coefficient (Wildman–Crippen LogP) is 4.33. The summed E-state index contributed by atoms with van der Waals surface area (Å²) in [5.41, 5.74) is 2.63. The molecule has 0 aliphatic rings. The number of ether oxygens (including phenoxy) is 1. The highest BCUT2D eigenvalue weighted by atomic mass is 35.5. The maximum atomic E-state index is 9.45. The summed E-state index contributed by atoms with van der Waals surface area (Å²) in [7, 11) is 1.57. The number of anilines is 1. The van der Waals surface area contributed by atoms with Crippen LogP contribution in [-0.4, -0.2) is 7.11 Å². The van der Waals surface area contributed by atoms with Crippen molar-refractivity contribution < 1.29 is 4.74 Å². The number of aryl methyl sites for hydroxylation is 1. The Kier molecular flexibility index (Phi) is 4.49. The van der Waals surface area contributed by atoms with Crippen LogP contribution in [0.15, 0.2) is 42.5 Å². The highest BCUT2D eigenvalue weighted by Gasteiger charge is 2.19. The van der Waals surface area contributed by atoms with Gasteiger partial charge in [0, 0.05) is 11.3 Å². The van der Waals surface area contributed by atoms with Crippen molar-refractivity contribution in [1.29, 1.82) is 5.26 Å². The Morgan fingerprint density at radius 1 is 1.20 bits per heavy atom. The van der Waals surface area contributed by atoms with Crippen LogP contribution in [0.2, 0.25) is 5.02 Å². The minimum Gasteiger partial charge on any atom is -0.496 e. The van der Waals surface area contributed by atoms with E-state index in [1.807, 2.05) is 31.2 Å². The van der Waals surface area contributed by atoms with Crippen LogP contribution >= 0.6 is 11.6 Å². The zero-order valence-electron chi connectivity index (χ0n) is 11.4. The first-order valence-corrected chi connectivity index (χ1v) is 6.59. The fourth-order valence-electron chi connectivity index (χ4n) is 2.03. The maximum Gasteiger partial charge on any atom is 0.145 e. The molecule has 0 saturated carbocycles. The van der Waals surface area contributed by atoms with E-state index in [0.717, 1.165) is 11.3 Å². The summed E-state index contributed by atoms with van der Waals surface area (Å²) in [5.74, 6) is 0.602. The van der Waals surface area contributed by atoms with Crippen molar-refractivity contribution in [2.45, 2.75) is 13.0 Å². The largest absolute Gasteiger partial charge is 0.496 e. The quantitative estimate of drug-likeness (QED) is 0.909. The first-order chi connectivity index (χ1) is 9.67. The zero-order valence-corrected chi connectivity index (χ0v) is 12.1. The van der Waals surface area contributed by atoms with Gasteiger partial charge in [0.25, 0.3) is 0 Å². The Morgan fingerprint density at radius 2 is 1.95 bits per heavy atom. The fraction of sp³-hybridized carbons (Fsp3) is 0.188. The van der Waals surface area contributed by atoms with Crippen molar-refractivity contribution in [3.05, 3.63) is 58.6 Å². The molecule has 2 rings (SSSR count). The summed E-state index contributed by atoms with van der Waals surface area (Å²) in [6.07, 6.45) is 0. The summed E-state index contributed by atoms with van der Waals surface area (Å²) >= 11 is 6.22. The molecule has 0 bridgehead atoms. The second-order valence-corrected chi connectivity index (χ2v) is 4.78. The van der Waals surface area contributed by atoms with Crippen LogP contribution < -0.4 is 10.1 Å². The number of nitriles is 1. The van der Waals surface area contributed by atoms with E-state index in [0.29, 0.717) is 16.3 Å². The lowest BCUT2D eigenvalue weighted by Gasteiger charge is -2.18.